The molecule has 0 N–H and O–H groups in total. The van der Waals surface area contributed by atoms with Crippen LogP contribution < -0.4 is 0 Å². The van der Waals surface area contributed by atoms with Crippen molar-refractivity contribution >= 4 is 0 Å². The molecule has 2 heteroatoms. The van der Waals surface area contributed by atoms with Crippen LogP contribution in [0.1, 0.15) is 38.8 Å². The summed E-state index contributed by atoms with van der Waals surface area (Å²) < 4.78 is 13.4. The van der Waals surface area contributed by atoms with E-state index in [0.29, 0.717) is 13.1 Å². The van der Waals surface area contributed by atoms with E-state index < -0.39 is 5.67 Å². The molecule has 0 atom stereocenters. The number of hydrogen-bond acceptors (Lipinski definition) is 1. The van der Waals surface area contributed by atoms with Crippen molar-refractivity contribution < 1.29 is 4.39 Å². The van der Waals surface area contributed by atoms with Crippen molar-refractivity contribution in [2.45, 2.75) is 45.3 Å². The van der Waals surface area contributed by atoms with Crippen LogP contribution in [0, 0.1) is 0 Å². The van der Waals surface area contributed by atoms with Crippen molar-refractivity contribution in [2.75, 3.05) is 13.1 Å². The second-order valence-electron chi connectivity index (χ2n) is 6.51. The summed E-state index contributed by atoms with van der Waals surface area (Å²) in [6, 6.07) is 8.64. The van der Waals surface area contributed by atoms with Gasteiger partial charge < -0.3 is 0 Å². The summed E-state index contributed by atoms with van der Waals surface area (Å²) in [4.78, 5) is 2.15. The first kappa shape index (κ1) is 12.6. The van der Waals surface area contributed by atoms with Crippen molar-refractivity contribution in [2.24, 2.45) is 0 Å². The highest BCUT2D eigenvalue weighted by molar-refractivity contribution is 5.28. The number of alkyl halides is 1. The summed E-state index contributed by atoms with van der Waals surface area (Å²) in [5, 5.41) is 0. The zero-order chi connectivity index (χ0) is 12.7. The Morgan fingerprint density at radius 3 is 2.47 bits per heavy atom. The van der Waals surface area contributed by atoms with E-state index in [1.54, 1.807) is 6.92 Å². The molecule has 0 bridgehead atoms. The van der Waals surface area contributed by atoms with Crippen LogP contribution in [0.15, 0.2) is 24.3 Å². The maximum Gasteiger partial charge on any atom is 0.133 e. The van der Waals surface area contributed by atoms with Crippen molar-refractivity contribution in [3.63, 3.8) is 0 Å². The molecule has 0 radical (unpaired) electrons. The molecule has 94 valence electrons. The minimum Gasteiger partial charge on any atom is -0.293 e. The van der Waals surface area contributed by atoms with Gasteiger partial charge in [-0.1, -0.05) is 45.0 Å². The highest BCUT2D eigenvalue weighted by atomic mass is 19.1. The topological polar surface area (TPSA) is 3.24 Å². The minimum absolute atomic E-state index is 0.180. The highest BCUT2D eigenvalue weighted by Crippen LogP contribution is 2.27. The van der Waals surface area contributed by atoms with Gasteiger partial charge in [0.1, 0.15) is 5.67 Å². The summed E-state index contributed by atoms with van der Waals surface area (Å²) in [6.07, 6.45) is 0. The number of benzene rings is 1. The molecule has 2 rings (SSSR count). The Bertz CT molecular complexity index is 396. The van der Waals surface area contributed by atoms with E-state index >= 15 is 0 Å². The molecule has 1 fully saturated rings. The van der Waals surface area contributed by atoms with Gasteiger partial charge >= 0.3 is 0 Å². The van der Waals surface area contributed by atoms with Gasteiger partial charge in [-0.25, -0.2) is 4.39 Å². The zero-order valence-electron chi connectivity index (χ0n) is 11.3. The van der Waals surface area contributed by atoms with E-state index in [-0.39, 0.29) is 5.41 Å². The maximum atomic E-state index is 13.4. The normalized spacial score (nSPS) is 20.1. The zero-order valence-corrected chi connectivity index (χ0v) is 11.3. The van der Waals surface area contributed by atoms with Crippen LogP contribution in [0.4, 0.5) is 4.39 Å². The number of rotatable bonds is 2. The maximum absolute atomic E-state index is 13.4. The van der Waals surface area contributed by atoms with E-state index in [4.69, 9.17) is 0 Å². The molecule has 0 saturated carbocycles. The fourth-order valence-corrected chi connectivity index (χ4v) is 2.39. The minimum atomic E-state index is -0.971. The van der Waals surface area contributed by atoms with Crippen LogP contribution in [-0.4, -0.2) is 23.7 Å². The number of likely N-dealkylation sites (tertiary alicyclic amines) is 1. The predicted molar refractivity (Wildman–Crippen MR) is 69.9 cm³/mol. The molecule has 1 heterocycles. The monoisotopic (exact) mass is 235 g/mol. The molecule has 0 unspecified atom stereocenters. The third kappa shape index (κ3) is 3.06. The van der Waals surface area contributed by atoms with Gasteiger partial charge in [0, 0.05) is 19.6 Å². The van der Waals surface area contributed by atoms with Gasteiger partial charge in [0.25, 0.3) is 0 Å². The van der Waals surface area contributed by atoms with Gasteiger partial charge in [-0.15, -0.1) is 0 Å². The Balaban J connectivity index is 2.03. The molecule has 0 amide bonds. The Morgan fingerprint density at radius 2 is 1.94 bits per heavy atom. The van der Waals surface area contributed by atoms with Crippen molar-refractivity contribution in [3.8, 4) is 0 Å². The quantitative estimate of drug-likeness (QED) is 0.758. The summed E-state index contributed by atoms with van der Waals surface area (Å²) in [6.45, 7) is 10.3. The summed E-state index contributed by atoms with van der Waals surface area (Å²) in [7, 11) is 0. The highest BCUT2D eigenvalue weighted by Gasteiger charge is 2.38. The predicted octanol–water partition coefficient (Wildman–Crippen LogP) is 3.53. The molecule has 1 aliphatic rings. The molecule has 0 spiro atoms. The van der Waals surface area contributed by atoms with E-state index in [9.17, 15) is 4.39 Å². The Morgan fingerprint density at radius 1 is 1.29 bits per heavy atom. The molecule has 1 saturated heterocycles. The van der Waals surface area contributed by atoms with E-state index in [1.807, 2.05) is 0 Å². The van der Waals surface area contributed by atoms with Gasteiger partial charge in [0.05, 0.1) is 0 Å². The van der Waals surface area contributed by atoms with Gasteiger partial charge in [0.15, 0.2) is 0 Å². The first-order chi connectivity index (χ1) is 7.76. The lowest BCUT2D eigenvalue weighted by Gasteiger charge is -2.42. The largest absolute Gasteiger partial charge is 0.293 e. The lowest BCUT2D eigenvalue weighted by molar-refractivity contribution is -0.0225. The number of nitrogens with zero attached hydrogens (tertiary/aromatic N) is 1. The number of halogens is 1. The van der Waals surface area contributed by atoms with Crippen molar-refractivity contribution in [1.82, 2.24) is 4.90 Å². The molecular weight excluding hydrogens is 213 g/mol. The average Bonchev–Trinajstić information content (AvgIpc) is 2.14. The summed E-state index contributed by atoms with van der Waals surface area (Å²) >= 11 is 0. The molecule has 1 aliphatic heterocycles. The van der Waals surface area contributed by atoms with Crippen LogP contribution in [0.3, 0.4) is 0 Å². The standard InChI is InChI=1S/C15H22FN/c1-14(2,3)13-7-5-6-12(8-13)9-17-10-15(4,16)11-17/h5-8H,9-11H2,1-4H3. The van der Waals surface area contributed by atoms with Crippen LogP contribution in [0.5, 0.6) is 0 Å². The van der Waals surface area contributed by atoms with E-state index in [1.165, 1.54) is 11.1 Å². The lowest BCUT2D eigenvalue weighted by atomic mass is 9.86. The van der Waals surface area contributed by atoms with Gasteiger partial charge in [0.2, 0.25) is 0 Å². The fraction of sp³-hybridized carbons (Fsp3) is 0.600. The summed E-state index contributed by atoms with van der Waals surface area (Å²) in [5.41, 5.74) is 1.84. The third-order valence-corrected chi connectivity index (χ3v) is 3.31. The van der Waals surface area contributed by atoms with Gasteiger partial charge in [-0.05, 0) is 23.5 Å². The van der Waals surface area contributed by atoms with Gasteiger partial charge in [-0.3, -0.25) is 4.90 Å². The van der Waals surface area contributed by atoms with E-state index in [0.717, 1.165) is 6.54 Å². The van der Waals surface area contributed by atoms with Crippen LogP contribution in [0.2, 0.25) is 0 Å². The third-order valence-electron chi connectivity index (χ3n) is 3.31. The SMILES string of the molecule is CC1(F)CN(Cc2cccc(C(C)(C)C)c2)C1. The van der Waals surface area contributed by atoms with Crippen LogP contribution in [-0.2, 0) is 12.0 Å². The molecule has 0 aromatic heterocycles. The smallest absolute Gasteiger partial charge is 0.133 e. The molecule has 1 aromatic rings. The Hall–Kier alpha value is -0.890. The van der Waals surface area contributed by atoms with Crippen LogP contribution in [0.25, 0.3) is 0 Å². The summed E-state index contributed by atoms with van der Waals surface area (Å²) in [5.74, 6) is 0. The van der Waals surface area contributed by atoms with Gasteiger partial charge in [-0.2, -0.15) is 0 Å². The molecular formula is C15H22FN. The fourth-order valence-electron chi connectivity index (χ4n) is 2.39. The second-order valence-corrected chi connectivity index (χ2v) is 6.51. The first-order valence-corrected chi connectivity index (χ1v) is 6.27. The molecule has 1 aromatic carbocycles. The Labute approximate surface area is 104 Å². The lowest BCUT2D eigenvalue weighted by Crippen LogP contribution is -2.56. The number of hydrogen-bond donors (Lipinski definition) is 0. The second kappa shape index (κ2) is 4.09. The molecule has 1 nitrogen and oxygen atoms in total. The average molecular weight is 235 g/mol. The molecule has 0 aliphatic carbocycles. The van der Waals surface area contributed by atoms with E-state index in [2.05, 4.69) is 49.9 Å². The van der Waals surface area contributed by atoms with Crippen LogP contribution >= 0.6 is 0 Å². The Kier molecular flexibility index (Phi) is 3.03. The van der Waals surface area contributed by atoms with Crippen molar-refractivity contribution in [3.05, 3.63) is 35.4 Å². The molecule has 17 heavy (non-hydrogen) atoms. The first-order valence-electron chi connectivity index (χ1n) is 6.27. The van der Waals surface area contributed by atoms with Crippen molar-refractivity contribution in [1.29, 1.82) is 0 Å².